The van der Waals surface area contributed by atoms with E-state index in [4.69, 9.17) is 9.47 Å². The van der Waals surface area contributed by atoms with Crippen molar-refractivity contribution in [2.45, 2.75) is 31.9 Å². The highest BCUT2D eigenvalue weighted by atomic mass is 79.9. The highest BCUT2D eigenvalue weighted by Gasteiger charge is 2.33. The molecule has 3 aliphatic rings. The van der Waals surface area contributed by atoms with E-state index >= 15 is 0 Å². The molecule has 2 fully saturated rings. The summed E-state index contributed by atoms with van der Waals surface area (Å²) in [6.07, 6.45) is 2.33. The third kappa shape index (κ3) is 3.15. The van der Waals surface area contributed by atoms with Crippen molar-refractivity contribution < 1.29 is 19.1 Å². The van der Waals surface area contributed by atoms with Crippen molar-refractivity contribution in [3.05, 3.63) is 10.2 Å². The molecule has 9 heteroatoms. The van der Waals surface area contributed by atoms with Gasteiger partial charge in [0.1, 0.15) is 10.6 Å². The van der Waals surface area contributed by atoms with E-state index < -0.39 is 0 Å². The van der Waals surface area contributed by atoms with Gasteiger partial charge in [-0.3, -0.25) is 9.59 Å². The van der Waals surface area contributed by atoms with Crippen LogP contribution < -0.4 is 4.74 Å². The zero-order valence-corrected chi connectivity index (χ0v) is 15.5. The second-order valence-corrected chi connectivity index (χ2v) is 7.31. The monoisotopic (exact) mass is 412 g/mol. The van der Waals surface area contributed by atoms with Gasteiger partial charge < -0.3 is 19.3 Å². The van der Waals surface area contributed by atoms with E-state index in [1.807, 2.05) is 0 Å². The second kappa shape index (κ2) is 6.95. The van der Waals surface area contributed by atoms with Gasteiger partial charge in [0, 0.05) is 45.8 Å². The number of piperazine rings is 1. The fraction of sp³-hybridized carbons (Fsp3) is 0.688. The first kappa shape index (κ1) is 16.8. The maximum atomic E-state index is 12.8. The van der Waals surface area contributed by atoms with Gasteiger partial charge in [-0.15, -0.1) is 0 Å². The molecule has 3 aliphatic heterocycles. The summed E-state index contributed by atoms with van der Waals surface area (Å²) in [4.78, 5) is 28.7. The van der Waals surface area contributed by atoms with Gasteiger partial charge in [0.15, 0.2) is 5.69 Å². The molecule has 0 radical (unpaired) electrons. The Morgan fingerprint density at radius 3 is 2.48 bits per heavy atom. The number of ether oxygens (including phenoxy) is 2. The van der Waals surface area contributed by atoms with Crippen LogP contribution in [-0.4, -0.2) is 76.9 Å². The molecular formula is C16H21BrN4O4. The van der Waals surface area contributed by atoms with Gasteiger partial charge in [-0.25, -0.2) is 4.68 Å². The first-order valence-electron chi connectivity index (χ1n) is 8.74. The molecule has 1 aromatic rings. The van der Waals surface area contributed by atoms with E-state index in [0.29, 0.717) is 55.4 Å². The fourth-order valence-corrected chi connectivity index (χ4v) is 4.06. The molecule has 136 valence electrons. The van der Waals surface area contributed by atoms with Gasteiger partial charge in [-0.05, 0) is 28.8 Å². The Morgan fingerprint density at radius 1 is 1.04 bits per heavy atom. The molecule has 0 N–H and O–H groups in total. The minimum atomic E-state index is -0.298. The van der Waals surface area contributed by atoms with Crippen LogP contribution in [0.2, 0.25) is 0 Å². The van der Waals surface area contributed by atoms with Crippen LogP contribution in [0, 0.1) is 0 Å². The summed E-state index contributed by atoms with van der Waals surface area (Å²) in [5, 5.41) is 4.40. The summed E-state index contributed by atoms with van der Waals surface area (Å²) in [7, 11) is 0. The van der Waals surface area contributed by atoms with E-state index in [1.165, 1.54) is 0 Å². The van der Waals surface area contributed by atoms with Crippen LogP contribution >= 0.6 is 15.9 Å². The van der Waals surface area contributed by atoms with Crippen LogP contribution in [-0.2, 0) is 16.1 Å². The number of aromatic nitrogens is 2. The highest BCUT2D eigenvalue weighted by molar-refractivity contribution is 9.10. The summed E-state index contributed by atoms with van der Waals surface area (Å²) in [5.74, 6) is 0.556. The predicted molar refractivity (Wildman–Crippen MR) is 91.5 cm³/mol. The summed E-state index contributed by atoms with van der Waals surface area (Å²) in [5.41, 5.74) is 0.385. The van der Waals surface area contributed by atoms with Crippen molar-refractivity contribution in [2.75, 3.05) is 39.4 Å². The second-order valence-electron chi connectivity index (χ2n) is 6.51. The Hall–Kier alpha value is -1.61. The van der Waals surface area contributed by atoms with Crippen LogP contribution in [0.5, 0.6) is 5.88 Å². The molecule has 2 amide bonds. The number of hydrogen-bond acceptors (Lipinski definition) is 5. The van der Waals surface area contributed by atoms with Crippen LogP contribution in [0.15, 0.2) is 4.47 Å². The summed E-state index contributed by atoms with van der Waals surface area (Å²) in [6, 6.07) is 0. The van der Waals surface area contributed by atoms with E-state index in [0.717, 1.165) is 25.8 Å². The number of carbonyl (C=O) groups is 2. The number of fused-ring (bicyclic) bond motifs is 1. The lowest BCUT2D eigenvalue weighted by Gasteiger charge is -2.35. The quantitative estimate of drug-likeness (QED) is 0.720. The molecule has 4 rings (SSSR count). The Labute approximate surface area is 154 Å². The van der Waals surface area contributed by atoms with Crippen molar-refractivity contribution in [3.8, 4) is 5.88 Å². The Balaban J connectivity index is 1.40. The van der Waals surface area contributed by atoms with Crippen molar-refractivity contribution in [2.24, 2.45) is 0 Å². The lowest BCUT2D eigenvalue weighted by Crippen LogP contribution is -2.52. The molecule has 0 saturated carbocycles. The smallest absolute Gasteiger partial charge is 0.275 e. The standard InChI is InChI=1S/C16H21BrN4O4/c17-12-13(18-21-4-2-10-25-16(12)21)15(23)20-7-5-19(6-8-20)14(22)11-3-1-9-24-11/h11H,1-10H2. The first-order valence-corrected chi connectivity index (χ1v) is 9.53. The molecule has 0 spiro atoms. The Kier molecular flexibility index (Phi) is 4.68. The summed E-state index contributed by atoms with van der Waals surface area (Å²) in [6.45, 7) is 4.14. The van der Waals surface area contributed by atoms with E-state index in [1.54, 1.807) is 14.5 Å². The lowest BCUT2D eigenvalue weighted by atomic mass is 10.2. The molecule has 1 unspecified atom stereocenters. The van der Waals surface area contributed by atoms with Gasteiger partial charge in [-0.1, -0.05) is 0 Å². The van der Waals surface area contributed by atoms with Crippen molar-refractivity contribution >= 4 is 27.7 Å². The topological polar surface area (TPSA) is 76.9 Å². The molecule has 1 atom stereocenters. The third-order valence-electron chi connectivity index (χ3n) is 4.89. The number of amides is 2. The normalized spacial score (nSPS) is 23.3. The number of halogens is 1. The van der Waals surface area contributed by atoms with Gasteiger partial charge in [0.05, 0.1) is 6.61 Å². The predicted octanol–water partition coefficient (Wildman–Crippen LogP) is 0.891. The molecular weight excluding hydrogens is 392 g/mol. The average molecular weight is 413 g/mol. The summed E-state index contributed by atoms with van der Waals surface area (Å²) < 4.78 is 13.4. The number of aryl methyl sites for hydroxylation is 1. The number of carbonyl (C=O) groups excluding carboxylic acids is 2. The van der Waals surface area contributed by atoms with Crippen LogP contribution in [0.3, 0.4) is 0 Å². The SMILES string of the molecule is O=C(c1nn2c(c1Br)OCCC2)N1CCN(C(=O)C2CCCO2)CC1. The minimum Gasteiger partial charge on any atom is -0.477 e. The molecule has 1 aromatic heterocycles. The van der Waals surface area contributed by atoms with Crippen molar-refractivity contribution in [3.63, 3.8) is 0 Å². The lowest BCUT2D eigenvalue weighted by molar-refractivity contribution is -0.142. The molecule has 4 heterocycles. The van der Waals surface area contributed by atoms with Crippen LogP contribution in [0.25, 0.3) is 0 Å². The number of nitrogens with zero attached hydrogens (tertiary/aromatic N) is 4. The molecule has 2 saturated heterocycles. The van der Waals surface area contributed by atoms with E-state index in [-0.39, 0.29) is 17.9 Å². The number of hydrogen-bond donors (Lipinski definition) is 0. The fourth-order valence-electron chi connectivity index (χ4n) is 3.49. The van der Waals surface area contributed by atoms with E-state index in [9.17, 15) is 9.59 Å². The molecule has 0 bridgehead atoms. The van der Waals surface area contributed by atoms with Gasteiger partial charge >= 0.3 is 0 Å². The van der Waals surface area contributed by atoms with E-state index in [2.05, 4.69) is 21.0 Å². The maximum absolute atomic E-state index is 12.8. The number of rotatable bonds is 2. The third-order valence-corrected chi connectivity index (χ3v) is 5.60. The van der Waals surface area contributed by atoms with Gasteiger partial charge in [0.25, 0.3) is 11.8 Å². The zero-order chi connectivity index (χ0) is 17.4. The van der Waals surface area contributed by atoms with Crippen molar-refractivity contribution in [1.29, 1.82) is 0 Å². The summed E-state index contributed by atoms with van der Waals surface area (Å²) >= 11 is 3.45. The Bertz CT molecular complexity index is 678. The average Bonchev–Trinajstić information content (AvgIpc) is 3.30. The van der Waals surface area contributed by atoms with Crippen LogP contribution in [0.4, 0.5) is 0 Å². The zero-order valence-electron chi connectivity index (χ0n) is 13.9. The highest BCUT2D eigenvalue weighted by Crippen LogP contribution is 2.32. The maximum Gasteiger partial charge on any atom is 0.275 e. The largest absolute Gasteiger partial charge is 0.477 e. The van der Waals surface area contributed by atoms with Gasteiger partial charge in [-0.2, -0.15) is 5.10 Å². The van der Waals surface area contributed by atoms with Gasteiger partial charge in [0.2, 0.25) is 5.88 Å². The van der Waals surface area contributed by atoms with Crippen molar-refractivity contribution in [1.82, 2.24) is 19.6 Å². The van der Waals surface area contributed by atoms with Crippen LogP contribution in [0.1, 0.15) is 29.8 Å². The molecule has 8 nitrogen and oxygen atoms in total. The minimum absolute atomic E-state index is 0.0524. The molecule has 25 heavy (non-hydrogen) atoms. The Morgan fingerprint density at radius 2 is 1.80 bits per heavy atom. The molecule has 0 aromatic carbocycles. The molecule has 0 aliphatic carbocycles. The first-order chi connectivity index (χ1) is 12.1.